The number of aromatic nitrogens is 2. The molecule has 7 heteroatoms. The standard InChI is InChI=1S/C20H21N3O3.ClH/c1-4-9-26-20(25)15-11-21-19-14(7-6-13(3)22-19)18(15)23-16-10-12(2)5-8-17(16)24;/h5-8,10-11,24H,4,9H2,1-3H3,(H,21,22,23);1H. The van der Waals surface area contributed by atoms with Crippen LogP contribution in [0.3, 0.4) is 0 Å². The molecule has 2 heterocycles. The lowest BCUT2D eigenvalue weighted by atomic mass is 10.1. The molecule has 0 atom stereocenters. The third kappa shape index (κ3) is 4.46. The Morgan fingerprint density at radius 3 is 2.74 bits per heavy atom. The molecule has 0 aliphatic carbocycles. The minimum atomic E-state index is -0.462. The molecule has 0 amide bonds. The molecule has 2 aromatic heterocycles. The summed E-state index contributed by atoms with van der Waals surface area (Å²) < 4.78 is 5.28. The largest absolute Gasteiger partial charge is 0.506 e. The van der Waals surface area contributed by atoms with E-state index in [0.717, 1.165) is 17.7 Å². The number of phenolic OH excluding ortho intramolecular Hbond substituents is 1. The van der Waals surface area contributed by atoms with E-state index in [2.05, 4.69) is 15.3 Å². The summed E-state index contributed by atoms with van der Waals surface area (Å²) in [5, 5.41) is 14.0. The molecule has 0 spiro atoms. The number of phenols is 1. The van der Waals surface area contributed by atoms with E-state index in [0.29, 0.717) is 34.6 Å². The maximum absolute atomic E-state index is 12.5. The molecule has 0 saturated heterocycles. The van der Waals surface area contributed by atoms with Crippen molar-refractivity contribution in [2.45, 2.75) is 27.2 Å². The third-order valence-corrected chi connectivity index (χ3v) is 3.94. The zero-order chi connectivity index (χ0) is 18.7. The van der Waals surface area contributed by atoms with Gasteiger partial charge in [-0.15, -0.1) is 12.4 Å². The summed E-state index contributed by atoms with van der Waals surface area (Å²) in [5.74, 6) is -0.370. The zero-order valence-electron chi connectivity index (χ0n) is 15.4. The Morgan fingerprint density at radius 1 is 1.22 bits per heavy atom. The highest BCUT2D eigenvalue weighted by Crippen LogP contribution is 2.33. The number of carbonyl (C=O) groups is 1. The first-order valence-electron chi connectivity index (χ1n) is 8.49. The summed E-state index contributed by atoms with van der Waals surface area (Å²) in [6, 6.07) is 8.94. The molecule has 0 bridgehead atoms. The Bertz CT molecular complexity index is 976. The van der Waals surface area contributed by atoms with Gasteiger partial charge in [-0.3, -0.25) is 0 Å². The predicted molar refractivity (Wildman–Crippen MR) is 108 cm³/mol. The van der Waals surface area contributed by atoms with Crippen molar-refractivity contribution in [1.82, 2.24) is 9.97 Å². The van der Waals surface area contributed by atoms with Crippen molar-refractivity contribution < 1.29 is 14.6 Å². The first-order valence-corrected chi connectivity index (χ1v) is 8.49. The monoisotopic (exact) mass is 387 g/mol. The second kappa shape index (κ2) is 8.68. The topological polar surface area (TPSA) is 84.3 Å². The van der Waals surface area contributed by atoms with Crippen LogP contribution in [-0.4, -0.2) is 27.7 Å². The molecule has 0 aliphatic heterocycles. The van der Waals surface area contributed by atoms with Crippen molar-refractivity contribution in [3.8, 4) is 5.75 Å². The fourth-order valence-corrected chi connectivity index (χ4v) is 2.62. The van der Waals surface area contributed by atoms with Crippen LogP contribution >= 0.6 is 12.4 Å². The van der Waals surface area contributed by atoms with Crippen molar-refractivity contribution in [3.63, 3.8) is 0 Å². The highest BCUT2D eigenvalue weighted by molar-refractivity contribution is 6.05. The fraction of sp³-hybridized carbons (Fsp3) is 0.250. The Kier molecular flexibility index (Phi) is 6.58. The van der Waals surface area contributed by atoms with E-state index in [-0.39, 0.29) is 18.2 Å². The van der Waals surface area contributed by atoms with Crippen LogP contribution in [0.4, 0.5) is 11.4 Å². The Labute approximate surface area is 164 Å². The smallest absolute Gasteiger partial charge is 0.341 e. The molecule has 3 rings (SSSR count). The fourth-order valence-electron chi connectivity index (χ4n) is 2.62. The van der Waals surface area contributed by atoms with Gasteiger partial charge in [0.2, 0.25) is 0 Å². The van der Waals surface area contributed by atoms with Gasteiger partial charge in [0, 0.05) is 17.3 Å². The highest BCUT2D eigenvalue weighted by atomic mass is 35.5. The van der Waals surface area contributed by atoms with Crippen molar-refractivity contribution in [2.75, 3.05) is 11.9 Å². The molecule has 0 unspecified atom stereocenters. The molecule has 0 radical (unpaired) electrons. The Balaban J connectivity index is 0.00000261. The quantitative estimate of drug-likeness (QED) is 0.488. The number of pyridine rings is 2. The molecular weight excluding hydrogens is 366 g/mol. The van der Waals surface area contributed by atoms with Gasteiger partial charge in [0.15, 0.2) is 5.65 Å². The number of benzene rings is 1. The van der Waals surface area contributed by atoms with E-state index < -0.39 is 5.97 Å². The molecule has 1 aromatic carbocycles. The van der Waals surface area contributed by atoms with Gasteiger partial charge < -0.3 is 15.2 Å². The van der Waals surface area contributed by atoms with Crippen molar-refractivity contribution in [2.24, 2.45) is 0 Å². The van der Waals surface area contributed by atoms with Crippen LogP contribution in [0.15, 0.2) is 36.5 Å². The van der Waals surface area contributed by atoms with Crippen LogP contribution in [0, 0.1) is 13.8 Å². The summed E-state index contributed by atoms with van der Waals surface area (Å²) in [5.41, 5.74) is 3.65. The van der Waals surface area contributed by atoms with E-state index in [4.69, 9.17) is 4.74 Å². The van der Waals surface area contributed by atoms with Gasteiger partial charge in [0.1, 0.15) is 11.3 Å². The third-order valence-electron chi connectivity index (χ3n) is 3.94. The number of hydrogen-bond donors (Lipinski definition) is 2. The molecule has 142 valence electrons. The predicted octanol–water partition coefficient (Wildman–Crippen LogP) is 4.68. The number of hydrogen-bond acceptors (Lipinski definition) is 6. The zero-order valence-corrected chi connectivity index (χ0v) is 16.3. The van der Waals surface area contributed by atoms with Crippen LogP contribution in [0.5, 0.6) is 5.75 Å². The lowest BCUT2D eigenvalue weighted by Crippen LogP contribution is -2.10. The van der Waals surface area contributed by atoms with Crippen LogP contribution in [-0.2, 0) is 4.74 Å². The number of fused-ring (bicyclic) bond motifs is 1. The lowest BCUT2D eigenvalue weighted by Gasteiger charge is -2.15. The van der Waals surface area contributed by atoms with E-state index in [1.165, 1.54) is 6.20 Å². The molecule has 3 aromatic rings. The second-order valence-corrected chi connectivity index (χ2v) is 6.15. The number of ether oxygens (including phenoxy) is 1. The van der Waals surface area contributed by atoms with Gasteiger partial charge in [-0.2, -0.15) is 0 Å². The average Bonchev–Trinajstić information content (AvgIpc) is 2.62. The van der Waals surface area contributed by atoms with E-state index in [1.54, 1.807) is 6.07 Å². The number of nitrogens with zero attached hydrogens (tertiary/aromatic N) is 2. The van der Waals surface area contributed by atoms with Gasteiger partial charge in [-0.1, -0.05) is 13.0 Å². The molecule has 0 saturated carbocycles. The first kappa shape index (κ1) is 20.5. The number of esters is 1. The second-order valence-electron chi connectivity index (χ2n) is 6.15. The highest BCUT2D eigenvalue weighted by Gasteiger charge is 2.18. The van der Waals surface area contributed by atoms with Crippen LogP contribution in [0.1, 0.15) is 35.0 Å². The van der Waals surface area contributed by atoms with E-state index in [1.807, 2.05) is 45.0 Å². The van der Waals surface area contributed by atoms with Crippen LogP contribution in [0.25, 0.3) is 11.0 Å². The van der Waals surface area contributed by atoms with Crippen LogP contribution < -0.4 is 5.32 Å². The maximum atomic E-state index is 12.5. The molecule has 6 nitrogen and oxygen atoms in total. The number of aromatic hydroxyl groups is 1. The van der Waals surface area contributed by atoms with Gasteiger partial charge in [0.25, 0.3) is 0 Å². The molecular formula is C20H22ClN3O3. The summed E-state index contributed by atoms with van der Waals surface area (Å²) >= 11 is 0. The van der Waals surface area contributed by atoms with E-state index in [9.17, 15) is 9.90 Å². The average molecular weight is 388 g/mol. The number of aryl methyl sites for hydroxylation is 2. The number of carbonyl (C=O) groups excluding carboxylic acids is 1. The van der Waals surface area contributed by atoms with Gasteiger partial charge in [-0.05, 0) is 50.1 Å². The minimum Gasteiger partial charge on any atom is -0.506 e. The normalized spacial score (nSPS) is 10.3. The lowest BCUT2D eigenvalue weighted by molar-refractivity contribution is 0.0506. The van der Waals surface area contributed by atoms with Crippen LogP contribution in [0.2, 0.25) is 0 Å². The molecule has 27 heavy (non-hydrogen) atoms. The number of anilines is 2. The van der Waals surface area contributed by atoms with Crippen molar-refractivity contribution >= 4 is 40.8 Å². The SMILES string of the molecule is CCCOC(=O)c1cnc2nc(C)ccc2c1Nc1cc(C)ccc1O.Cl. The number of rotatable bonds is 5. The van der Waals surface area contributed by atoms with Crippen molar-refractivity contribution in [1.29, 1.82) is 0 Å². The molecule has 2 N–H and O–H groups in total. The summed E-state index contributed by atoms with van der Waals surface area (Å²) in [7, 11) is 0. The van der Waals surface area contributed by atoms with E-state index >= 15 is 0 Å². The summed E-state index contributed by atoms with van der Waals surface area (Å²) in [6.07, 6.45) is 2.19. The van der Waals surface area contributed by atoms with Gasteiger partial charge in [-0.25, -0.2) is 14.8 Å². The Morgan fingerprint density at radius 2 is 2.00 bits per heavy atom. The number of halogens is 1. The first-order chi connectivity index (χ1) is 12.5. The maximum Gasteiger partial charge on any atom is 0.341 e. The van der Waals surface area contributed by atoms with Crippen molar-refractivity contribution in [3.05, 3.63) is 53.3 Å². The summed E-state index contributed by atoms with van der Waals surface area (Å²) in [6.45, 7) is 6.07. The summed E-state index contributed by atoms with van der Waals surface area (Å²) in [4.78, 5) is 21.2. The Hall–Kier alpha value is -2.86. The molecule has 0 fully saturated rings. The molecule has 0 aliphatic rings. The van der Waals surface area contributed by atoms with Gasteiger partial charge >= 0.3 is 5.97 Å². The van der Waals surface area contributed by atoms with Gasteiger partial charge in [0.05, 0.1) is 18.0 Å². The minimum absolute atomic E-state index is 0. The number of nitrogens with one attached hydrogen (secondary N) is 1.